The van der Waals surface area contributed by atoms with Crippen LogP contribution >= 0.6 is 0 Å². The van der Waals surface area contributed by atoms with E-state index in [0.717, 1.165) is 38.2 Å². The Hall–Kier alpha value is -1.71. The van der Waals surface area contributed by atoms with E-state index < -0.39 is 5.97 Å². The minimum absolute atomic E-state index is 0.223. The number of hydrogen-bond acceptors (Lipinski definition) is 3. The summed E-state index contributed by atoms with van der Waals surface area (Å²) in [7, 11) is 2.07. The molecule has 1 aromatic carbocycles. The van der Waals surface area contributed by atoms with E-state index >= 15 is 0 Å². The maximum Gasteiger partial charge on any atom is 0.303 e. The molecule has 0 aromatic heterocycles. The minimum atomic E-state index is -0.700. The monoisotopic (exact) mass is 261 g/mol. The highest BCUT2D eigenvalue weighted by atomic mass is 16.5. The van der Waals surface area contributed by atoms with Crippen molar-refractivity contribution in [2.45, 2.75) is 25.7 Å². The van der Waals surface area contributed by atoms with Crippen LogP contribution in [0.4, 0.5) is 5.69 Å². The van der Waals surface area contributed by atoms with Crippen LogP contribution in [0.1, 0.15) is 24.0 Å². The van der Waals surface area contributed by atoms with Gasteiger partial charge in [-0.3, -0.25) is 4.79 Å². The average Bonchev–Trinajstić information content (AvgIpc) is 2.77. The second kappa shape index (κ2) is 4.76. The van der Waals surface area contributed by atoms with E-state index in [4.69, 9.17) is 9.84 Å². The molecule has 0 saturated carbocycles. The molecule has 102 valence electrons. The Kier molecular flexibility index (Phi) is 3.09. The van der Waals surface area contributed by atoms with Gasteiger partial charge in [-0.25, -0.2) is 0 Å². The number of carbonyl (C=O) groups is 1. The molecule has 0 spiro atoms. The summed E-state index contributed by atoms with van der Waals surface area (Å²) >= 11 is 0. The quantitative estimate of drug-likeness (QED) is 0.885. The first-order valence-corrected chi connectivity index (χ1v) is 6.85. The van der Waals surface area contributed by atoms with E-state index in [0.29, 0.717) is 0 Å². The molecule has 3 rings (SSSR count). The van der Waals surface area contributed by atoms with E-state index in [1.807, 2.05) is 0 Å². The van der Waals surface area contributed by atoms with Gasteiger partial charge in [-0.2, -0.15) is 0 Å². The molecule has 0 fully saturated rings. The van der Waals surface area contributed by atoms with Gasteiger partial charge in [-0.1, -0.05) is 12.1 Å². The van der Waals surface area contributed by atoms with Crippen molar-refractivity contribution in [1.29, 1.82) is 0 Å². The van der Waals surface area contributed by atoms with Crippen LogP contribution in [0.25, 0.3) is 0 Å². The van der Waals surface area contributed by atoms with Crippen LogP contribution in [-0.2, 0) is 17.6 Å². The first-order chi connectivity index (χ1) is 9.15. The third-order valence-electron chi connectivity index (χ3n) is 4.14. The third-order valence-corrected chi connectivity index (χ3v) is 4.14. The molecule has 19 heavy (non-hydrogen) atoms. The largest absolute Gasteiger partial charge is 0.491 e. The van der Waals surface area contributed by atoms with Crippen molar-refractivity contribution in [1.82, 2.24) is 0 Å². The van der Waals surface area contributed by atoms with Gasteiger partial charge in [0.25, 0.3) is 0 Å². The minimum Gasteiger partial charge on any atom is -0.491 e. The summed E-state index contributed by atoms with van der Waals surface area (Å²) in [5.41, 5.74) is 3.69. The molecule has 0 saturated heterocycles. The molecule has 0 bridgehead atoms. The normalized spacial score (nSPS) is 21.3. The predicted molar refractivity (Wildman–Crippen MR) is 73.0 cm³/mol. The lowest BCUT2D eigenvalue weighted by atomic mass is 9.93. The molecule has 2 aliphatic heterocycles. The Morgan fingerprint density at radius 2 is 2.26 bits per heavy atom. The van der Waals surface area contributed by atoms with Crippen molar-refractivity contribution >= 4 is 11.7 Å². The molecule has 1 N–H and O–H groups in total. The van der Waals surface area contributed by atoms with Crippen molar-refractivity contribution < 1.29 is 14.6 Å². The number of benzene rings is 1. The van der Waals surface area contributed by atoms with Crippen molar-refractivity contribution in [3.63, 3.8) is 0 Å². The Balaban J connectivity index is 1.96. The fraction of sp³-hybridized carbons (Fsp3) is 0.533. The highest BCUT2D eigenvalue weighted by Gasteiger charge is 2.27. The number of carboxylic acid groups (broad SMARTS) is 1. The molecule has 1 aromatic rings. The van der Waals surface area contributed by atoms with Gasteiger partial charge in [-0.15, -0.1) is 0 Å². The van der Waals surface area contributed by atoms with Gasteiger partial charge in [0.15, 0.2) is 0 Å². The van der Waals surface area contributed by atoms with Crippen LogP contribution in [0.15, 0.2) is 12.1 Å². The maximum absolute atomic E-state index is 10.9. The Labute approximate surface area is 113 Å². The van der Waals surface area contributed by atoms with Gasteiger partial charge in [0, 0.05) is 26.4 Å². The number of ether oxygens (including phenoxy) is 1. The zero-order chi connectivity index (χ0) is 13.4. The molecule has 1 unspecified atom stereocenters. The van der Waals surface area contributed by atoms with E-state index in [2.05, 4.69) is 24.1 Å². The van der Waals surface area contributed by atoms with Gasteiger partial charge in [0.2, 0.25) is 0 Å². The number of fused-ring (bicyclic) bond motifs is 3. The summed E-state index contributed by atoms with van der Waals surface area (Å²) < 4.78 is 5.78. The molecular weight excluding hydrogens is 242 g/mol. The molecule has 0 amide bonds. The zero-order valence-electron chi connectivity index (χ0n) is 11.2. The molecule has 0 aliphatic carbocycles. The molecule has 2 aliphatic rings. The fourth-order valence-corrected chi connectivity index (χ4v) is 3.18. The van der Waals surface area contributed by atoms with Crippen molar-refractivity contribution in [3.8, 4) is 5.75 Å². The second-order valence-corrected chi connectivity index (χ2v) is 5.54. The topological polar surface area (TPSA) is 49.8 Å². The van der Waals surface area contributed by atoms with Crippen LogP contribution in [-0.4, -0.2) is 31.3 Å². The van der Waals surface area contributed by atoms with Gasteiger partial charge in [0.1, 0.15) is 5.75 Å². The number of nitrogens with zero attached hydrogens (tertiary/aromatic N) is 1. The smallest absolute Gasteiger partial charge is 0.303 e. The van der Waals surface area contributed by atoms with Gasteiger partial charge in [0.05, 0.1) is 12.3 Å². The summed E-state index contributed by atoms with van der Waals surface area (Å²) in [5.74, 6) is 0.546. The SMILES string of the molecule is CN1CCC(CC(=O)O)Cc2ccc3c(c21)OCC3. The maximum atomic E-state index is 10.9. The molecule has 4 nitrogen and oxygen atoms in total. The summed E-state index contributed by atoms with van der Waals surface area (Å²) in [5, 5.41) is 8.99. The van der Waals surface area contributed by atoms with Crippen LogP contribution in [0.2, 0.25) is 0 Å². The number of anilines is 1. The average molecular weight is 261 g/mol. The van der Waals surface area contributed by atoms with Crippen molar-refractivity contribution in [3.05, 3.63) is 23.3 Å². The van der Waals surface area contributed by atoms with Gasteiger partial charge < -0.3 is 14.7 Å². The van der Waals surface area contributed by atoms with Gasteiger partial charge >= 0.3 is 5.97 Å². The highest BCUT2D eigenvalue weighted by Crippen LogP contribution is 2.41. The summed E-state index contributed by atoms with van der Waals surface area (Å²) in [6.07, 6.45) is 3.00. The van der Waals surface area contributed by atoms with Gasteiger partial charge in [-0.05, 0) is 29.9 Å². The van der Waals surface area contributed by atoms with Crippen LogP contribution < -0.4 is 9.64 Å². The zero-order valence-corrected chi connectivity index (χ0v) is 11.2. The van der Waals surface area contributed by atoms with E-state index in [1.165, 1.54) is 16.8 Å². The first-order valence-electron chi connectivity index (χ1n) is 6.85. The van der Waals surface area contributed by atoms with Crippen molar-refractivity contribution in [2.24, 2.45) is 5.92 Å². The number of aliphatic carboxylic acids is 1. The fourth-order valence-electron chi connectivity index (χ4n) is 3.18. The van der Waals surface area contributed by atoms with Crippen LogP contribution in [0.3, 0.4) is 0 Å². The lowest BCUT2D eigenvalue weighted by molar-refractivity contribution is -0.138. The highest BCUT2D eigenvalue weighted by molar-refractivity contribution is 5.70. The standard InChI is InChI=1S/C15H19NO3/c1-16-6-4-10(9-13(17)18)8-12-3-2-11-5-7-19-15(11)14(12)16/h2-3,10H,4-9H2,1H3,(H,17,18). The number of carboxylic acids is 1. The summed E-state index contributed by atoms with van der Waals surface area (Å²) in [6.45, 7) is 1.66. The summed E-state index contributed by atoms with van der Waals surface area (Å²) in [4.78, 5) is 13.1. The Morgan fingerprint density at radius 1 is 1.47 bits per heavy atom. The number of hydrogen-bond donors (Lipinski definition) is 1. The van der Waals surface area contributed by atoms with Crippen LogP contribution in [0, 0.1) is 5.92 Å². The second-order valence-electron chi connectivity index (χ2n) is 5.54. The van der Waals surface area contributed by atoms with Crippen molar-refractivity contribution in [2.75, 3.05) is 25.1 Å². The lowest BCUT2D eigenvalue weighted by Gasteiger charge is -2.21. The van der Waals surface area contributed by atoms with Crippen LogP contribution in [0.5, 0.6) is 5.75 Å². The molecule has 2 heterocycles. The molecule has 4 heteroatoms. The molecule has 0 radical (unpaired) electrons. The third kappa shape index (κ3) is 2.27. The van der Waals surface area contributed by atoms with E-state index in [9.17, 15) is 4.79 Å². The predicted octanol–water partition coefficient (Wildman–Crippen LogP) is 2.09. The first kappa shape index (κ1) is 12.3. The Morgan fingerprint density at radius 3 is 3.05 bits per heavy atom. The molecular formula is C15H19NO3. The Bertz CT molecular complexity index is 512. The van der Waals surface area contributed by atoms with E-state index in [1.54, 1.807) is 0 Å². The summed E-state index contributed by atoms with van der Waals surface area (Å²) in [6, 6.07) is 4.29. The molecule has 1 atom stereocenters. The lowest BCUT2D eigenvalue weighted by Crippen LogP contribution is -2.20. The van der Waals surface area contributed by atoms with E-state index in [-0.39, 0.29) is 12.3 Å². The number of rotatable bonds is 2.